The number of rotatable bonds is 7. The largest absolute Gasteiger partial charge is 0.489 e. The summed E-state index contributed by atoms with van der Waals surface area (Å²) in [5.41, 5.74) is 4.84. The summed E-state index contributed by atoms with van der Waals surface area (Å²) in [6.45, 7) is 9.10. The van der Waals surface area contributed by atoms with Gasteiger partial charge in [-0.15, -0.1) is 0 Å². The van der Waals surface area contributed by atoms with E-state index in [9.17, 15) is 9.59 Å². The number of anilines is 2. The molecule has 1 aromatic carbocycles. The second kappa shape index (κ2) is 10.8. The Morgan fingerprint density at radius 1 is 1.28 bits per heavy atom. The molecule has 9 nitrogen and oxygen atoms in total. The van der Waals surface area contributed by atoms with Crippen molar-refractivity contribution in [2.24, 2.45) is 0 Å². The molecule has 0 unspecified atom stereocenters. The number of H-pyrrole nitrogens is 1. The average Bonchev–Trinajstić information content (AvgIpc) is 3.22. The van der Waals surface area contributed by atoms with Crippen molar-refractivity contribution in [3.8, 4) is 17.0 Å². The molecule has 3 N–H and O–H groups in total. The van der Waals surface area contributed by atoms with Crippen molar-refractivity contribution in [2.75, 3.05) is 25.0 Å². The quantitative estimate of drug-likeness (QED) is 0.347. The molecule has 2 aliphatic heterocycles. The first-order chi connectivity index (χ1) is 18.7. The maximum Gasteiger partial charge on any atom is 0.410 e. The molecule has 4 heterocycles. The number of carbonyl (C=O) groups is 2. The van der Waals surface area contributed by atoms with Gasteiger partial charge in [0.25, 0.3) is 5.91 Å². The Labute approximate surface area is 233 Å². The average molecular weight is 552 g/mol. The van der Waals surface area contributed by atoms with Crippen LogP contribution in [0.15, 0.2) is 36.7 Å². The van der Waals surface area contributed by atoms with Gasteiger partial charge in [-0.25, -0.2) is 4.79 Å². The lowest BCUT2D eigenvalue weighted by Gasteiger charge is -2.41. The Hall–Kier alpha value is -3.72. The number of hydrogen-bond acceptors (Lipinski definition) is 6. The molecule has 2 amide bonds. The molecule has 0 radical (unpaired) electrons. The number of carbonyl (C=O) groups excluding carboxylic acids is 2. The third kappa shape index (κ3) is 5.54. The van der Waals surface area contributed by atoms with Crippen LogP contribution in [-0.4, -0.2) is 58.2 Å². The van der Waals surface area contributed by atoms with Crippen LogP contribution in [0.3, 0.4) is 0 Å². The minimum atomic E-state index is -0.558. The van der Waals surface area contributed by atoms with Crippen LogP contribution >= 0.6 is 11.6 Å². The van der Waals surface area contributed by atoms with Gasteiger partial charge in [0.2, 0.25) is 0 Å². The minimum Gasteiger partial charge on any atom is -0.489 e. The SMILES string of the molecule is CCc1c(Cl)cccc1Nc1c(-c2ccncc2OC[C@H]2CCN2C(=O)OC(C)(C)C)[nH]c2c1C(=O)NCC2. The molecule has 206 valence electrons. The van der Waals surface area contributed by atoms with Crippen LogP contribution in [0.1, 0.15) is 55.7 Å². The van der Waals surface area contributed by atoms with Gasteiger partial charge in [-0.05, 0) is 57.4 Å². The van der Waals surface area contributed by atoms with E-state index in [-0.39, 0.29) is 18.0 Å². The number of hydrogen-bond donors (Lipinski definition) is 3. The van der Waals surface area contributed by atoms with Crippen LogP contribution in [0, 0.1) is 0 Å². The molecule has 1 saturated heterocycles. The summed E-state index contributed by atoms with van der Waals surface area (Å²) in [5.74, 6) is 0.415. The number of benzene rings is 1. The number of nitrogens with one attached hydrogen (secondary N) is 3. The predicted octanol–water partition coefficient (Wildman–Crippen LogP) is 5.71. The first-order valence-electron chi connectivity index (χ1n) is 13.3. The maximum atomic E-state index is 13.0. The van der Waals surface area contributed by atoms with Gasteiger partial charge in [0.15, 0.2) is 0 Å². The third-order valence-electron chi connectivity index (χ3n) is 6.95. The van der Waals surface area contributed by atoms with E-state index < -0.39 is 5.60 Å². The van der Waals surface area contributed by atoms with E-state index >= 15 is 0 Å². The van der Waals surface area contributed by atoms with Gasteiger partial charge < -0.3 is 30.0 Å². The normalized spacial score (nSPS) is 16.7. The Morgan fingerprint density at radius 3 is 2.82 bits per heavy atom. The first-order valence-corrected chi connectivity index (χ1v) is 13.7. The standard InChI is InChI=1S/C29H34ClN5O4/c1-5-18-20(30)7-6-8-21(18)33-26-24-22(10-13-32-27(24)36)34-25(26)19-9-12-31-15-23(19)38-16-17-11-14-35(17)28(37)39-29(2,3)4/h6-9,12,15,17,33-34H,5,10-11,13-14,16H2,1-4H3,(H,32,36)/t17-/m1/s1. The topological polar surface area (TPSA) is 109 Å². The van der Waals surface area contributed by atoms with Gasteiger partial charge in [0, 0.05) is 47.7 Å². The van der Waals surface area contributed by atoms with Crippen molar-refractivity contribution >= 4 is 35.0 Å². The van der Waals surface area contributed by atoms with Crippen molar-refractivity contribution in [2.45, 2.75) is 58.6 Å². The van der Waals surface area contributed by atoms with Crippen LogP contribution < -0.4 is 15.4 Å². The summed E-state index contributed by atoms with van der Waals surface area (Å²) < 4.78 is 11.8. The van der Waals surface area contributed by atoms with Gasteiger partial charge in [0.05, 0.1) is 29.2 Å². The van der Waals surface area contributed by atoms with E-state index in [0.717, 1.165) is 41.0 Å². The summed E-state index contributed by atoms with van der Waals surface area (Å²) in [6.07, 6.45) is 5.25. The molecule has 0 aliphatic carbocycles. The van der Waals surface area contributed by atoms with Gasteiger partial charge in [0.1, 0.15) is 18.0 Å². The summed E-state index contributed by atoms with van der Waals surface area (Å²) in [4.78, 5) is 35.0. The molecule has 39 heavy (non-hydrogen) atoms. The number of aromatic nitrogens is 2. The lowest BCUT2D eigenvalue weighted by atomic mass is 10.0. The van der Waals surface area contributed by atoms with Gasteiger partial charge in [-0.2, -0.15) is 0 Å². The zero-order valence-electron chi connectivity index (χ0n) is 22.7. The number of nitrogens with zero attached hydrogens (tertiary/aromatic N) is 2. The van der Waals surface area contributed by atoms with E-state index in [1.807, 2.05) is 52.0 Å². The molecule has 5 rings (SSSR count). The van der Waals surface area contributed by atoms with Crippen LogP contribution in [0.4, 0.5) is 16.2 Å². The number of ether oxygens (including phenoxy) is 2. The molecule has 0 bridgehead atoms. The number of amides is 2. The summed E-state index contributed by atoms with van der Waals surface area (Å²) in [5, 5.41) is 7.13. The van der Waals surface area contributed by atoms with E-state index in [1.165, 1.54) is 0 Å². The minimum absolute atomic E-state index is 0.0910. The molecular formula is C29H34ClN5O4. The molecular weight excluding hydrogens is 518 g/mol. The molecule has 3 aromatic rings. The zero-order chi connectivity index (χ0) is 27.7. The maximum absolute atomic E-state index is 13.0. The third-order valence-corrected chi connectivity index (χ3v) is 7.31. The Bertz CT molecular complexity index is 1400. The second-order valence-corrected chi connectivity index (χ2v) is 11.2. The predicted molar refractivity (Wildman–Crippen MR) is 151 cm³/mol. The number of aromatic amines is 1. The highest BCUT2D eigenvalue weighted by Crippen LogP contribution is 2.41. The van der Waals surface area contributed by atoms with Crippen LogP contribution in [-0.2, 0) is 17.6 Å². The molecule has 1 fully saturated rings. The monoisotopic (exact) mass is 551 g/mol. The van der Waals surface area contributed by atoms with E-state index in [4.69, 9.17) is 21.1 Å². The van der Waals surface area contributed by atoms with Crippen molar-refractivity contribution in [1.29, 1.82) is 0 Å². The van der Waals surface area contributed by atoms with Crippen LogP contribution in [0.2, 0.25) is 5.02 Å². The summed E-state index contributed by atoms with van der Waals surface area (Å²) in [7, 11) is 0. The van der Waals surface area contributed by atoms with Crippen LogP contribution in [0.25, 0.3) is 11.3 Å². The fourth-order valence-corrected chi connectivity index (χ4v) is 5.25. The molecule has 2 aromatic heterocycles. The molecule has 0 spiro atoms. The Balaban J connectivity index is 1.46. The van der Waals surface area contributed by atoms with E-state index in [1.54, 1.807) is 17.3 Å². The fourth-order valence-electron chi connectivity index (χ4n) is 4.94. The van der Waals surface area contributed by atoms with Gasteiger partial charge in [-0.1, -0.05) is 24.6 Å². The lowest BCUT2D eigenvalue weighted by molar-refractivity contribution is -0.0141. The fraction of sp³-hybridized carbons (Fsp3) is 0.414. The molecule has 1 atom stereocenters. The van der Waals surface area contributed by atoms with Crippen molar-refractivity contribution in [1.82, 2.24) is 20.2 Å². The zero-order valence-corrected chi connectivity index (χ0v) is 23.4. The highest BCUT2D eigenvalue weighted by Gasteiger charge is 2.36. The van der Waals surface area contributed by atoms with Gasteiger partial charge in [-0.3, -0.25) is 9.78 Å². The molecule has 10 heteroatoms. The number of likely N-dealkylation sites (tertiary alicyclic amines) is 1. The van der Waals surface area contributed by atoms with Crippen molar-refractivity contribution in [3.63, 3.8) is 0 Å². The van der Waals surface area contributed by atoms with Crippen molar-refractivity contribution in [3.05, 3.63) is 58.5 Å². The molecule has 0 saturated carbocycles. The number of halogens is 1. The summed E-state index contributed by atoms with van der Waals surface area (Å²) in [6, 6.07) is 7.48. The highest BCUT2D eigenvalue weighted by atomic mass is 35.5. The van der Waals surface area contributed by atoms with Gasteiger partial charge >= 0.3 is 6.09 Å². The lowest BCUT2D eigenvalue weighted by Crippen LogP contribution is -2.55. The summed E-state index contributed by atoms with van der Waals surface area (Å²) >= 11 is 6.49. The second-order valence-electron chi connectivity index (χ2n) is 10.8. The smallest absolute Gasteiger partial charge is 0.410 e. The Morgan fingerprint density at radius 2 is 2.10 bits per heavy atom. The first kappa shape index (κ1) is 26.9. The van der Waals surface area contributed by atoms with E-state index in [0.29, 0.717) is 48.1 Å². The highest BCUT2D eigenvalue weighted by molar-refractivity contribution is 6.31. The van der Waals surface area contributed by atoms with E-state index in [2.05, 4.69) is 20.6 Å². The molecule has 2 aliphatic rings. The number of pyridine rings is 1. The number of fused-ring (bicyclic) bond motifs is 1. The van der Waals surface area contributed by atoms with Crippen molar-refractivity contribution < 1.29 is 19.1 Å². The Kier molecular flexibility index (Phi) is 7.44. The van der Waals surface area contributed by atoms with Crippen LogP contribution in [0.5, 0.6) is 5.75 Å².